The van der Waals surface area contributed by atoms with Gasteiger partial charge >= 0.3 is 0 Å². The maximum atomic E-state index is 9.88. The van der Waals surface area contributed by atoms with Gasteiger partial charge in [-0.05, 0) is 17.7 Å². The number of para-hydroxylation sites is 1. The molecule has 2 aromatic carbocycles. The molecule has 0 radical (unpaired) electrons. The molecule has 1 atom stereocenters. The normalized spacial score (nSPS) is 11.6. The number of rotatable bonds is 7. The molecule has 2 N–H and O–H groups in total. The Morgan fingerprint density at radius 1 is 1.10 bits per heavy atom. The van der Waals surface area contributed by atoms with Crippen molar-refractivity contribution in [1.29, 1.82) is 5.26 Å². The third-order valence-corrected chi connectivity index (χ3v) is 2.99. The number of hydrogen-bond donors (Lipinski definition) is 2. The van der Waals surface area contributed by atoms with Crippen molar-refractivity contribution in [1.82, 2.24) is 5.32 Å². The van der Waals surface area contributed by atoms with E-state index in [9.17, 15) is 5.11 Å². The zero-order valence-electron chi connectivity index (χ0n) is 11.7. The molecule has 0 saturated heterocycles. The first-order valence-electron chi connectivity index (χ1n) is 6.84. The molecule has 0 spiro atoms. The fourth-order valence-electron chi connectivity index (χ4n) is 1.91. The molecule has 2 aromatic rings. The van der Waals surface area contributed by atoms with Gasteiger partial charge in [-0.1, -0.05) is 42.5 Å². The van der Waals surface area contributed by atoms with Crippen LogP contribution in [0.1, 0.15) is 11.1 Å². The van der Waals surface area contributed by atoms with Crippen LogP contribution in [-0.4, -0.2) is 24.4 Å². The maximum Gasteiger partial charge on any atom is 0.137 e. The van der Waals surface area contributed by atoms with Crippen molar-refractivity contribution >= 4 is 0 Å². The largest absolute Gasteiger partial charge is 0.489 e. The van der Waals surface area contributed by atoms with Gasteiger partial charge in [-0.25, -0.2) is 0 Å². The Kier molecular flexibility index (Phi) is 5.77. The van der Waals surface area contributed by atoms with E-state index in [2.05, 4.69) is 11.4 Å². The van der Waals surface area contributed by atoms with Crippen molar-refractivity contribution in [3.8, 4) is 11.8 Å². The molecule has 0 heterocycles. The second kappa shape index (κ2) is 8.05. The molecule has 0 aliphatic carbocycles. The summed E-state index contributed by atoms with van der Waals surface area (Å²) in [5.41, 5.74) is 1.64. The highest BCUT2D eigenvalue weighted by Gasteiger charge is 2.07. The second-order valence-electron chi connectivity index (χ2n) is 4.69. The summed E-state index contributed by atoms with van der Waals surface area (Å²) in [6, 6.07) is 19.0. The van der Waals surface area contributed by atoms with Crippen molar-refractivity contribution in [3.63, 3.8) is 0 Å². The molecule has 21 heavy (non-hydrogen) atoms. The van der Waals surface area contributed by atoms with Gasteiger partial charge in [-0.2, -0.15) is 5.26 Å². The SMILES string of the molecule is N#Cc1ccccc1OCC(O)CNCc1ccccc1. The molecule has 4 nitrogen and oxygen atoms in total. The van der Waals surface area contributed by atoms with Gasteiger partial charge in [0, 0.05) is 13.1 Å². The summed E-state index contributed by atoms with van der Waals surface area (Å²) >= 11 is 0. The van der Waals surface area contributed by atoms with Crippen molar-refractivity contribution in [2.45, 2.75) is 12.6 Å². The fraction of sp³-hybridized carbons (Fsp3) is 0.235. The van der Waals surface area contributed by atoms with Gasteiger partial charge in [0.15, 0.2) is 0 Å². The third-order valence-electron chi connectivity index (χ3n) is 2.99. The summed E-state index contributed by atoms with van der Waals surface area (Å²) in [4.78, 5) is 0. The first-order valence-corrected chi connectivity index (χ1v) is 6.84. The highest BCUT2D eigenvalue weighted by atomic mass is 16.5. The number of nitriles is 1. The molecule has 0 amide bonds. The summed E-state index contributed by atoms with van der Waals surface area (Å²) in [5.74, 6) is 0.502. The average Bonchev–Trinajstić information content (AvgIpc) is 2.54. The maximum absolute atomic E-state index is 9.88. The highest BCUT2D eigenvalue weighted by Crippen LogP contribution is 2.16. The van der Waals surface area contributed by atoms with Crippen LogP contribution < -0.4 is 10.1 Å². The Bertz CT molecular complexity index is 593. The first kappa shape index (κ1) is 15.0. The van der Waals surface area contributed by atoms with E-state index in [1.165, 1.54) is 5.56 Å². The van der Waals surface area contributed by atoms with E-state index in [-0.39, 0.29) is 6.61 Å². The quantitative estimate of drug-likeness (QED) is 0.816. The predicted octanol–water partition coefficient (Wildman–Crippen LogP) is 2.09. The Morgan fingerprint density at radius 2 is 1.81 bits per heavy atom. The average molecular weight is 282 g/mol. The molecule has 0 fully saturated rings. The zero-order valence-corrected chi connectivity index (χ0v) is 11.7. The number of benzene rings is 2. The van der Waals surface area contributed by atoms with Crippen LogP contribution >= 0.6 is 0 Å². The lowest BCUT2D eigenvalue weighted by atomic mass is 10.2. The van der Waals surface area contributed by atoms with E-state index in [1.54, 1.807) is 24.3 Å². The standard InChI is InChI=1S/C17H18N2O2/c18-10-15-8-4-5-9-17(15)21-13-16(20)12-19-11-14-6-2-1-3-7-14/h1-9,16,19-20H,11-13H2. The number of ether oxygens (including phenoxy) is 1. The predicted molar refractivity (Wildman–Crippen MR) is 80.8 cm³/mol. The number of nitrogens with one attached hydrogen (secondary N) is 1. The van der Waals surface area contributed by atoms with E-state index in [0.717, 1.165) is 0 Å². The van der Waals surface area contributed by atoms with Gasteiger partial charge in [0.25, 0.3) is 0 Å². The first-order chi connectivity index (χ1) is 10.3. The Labute approximate surface area is 124 Å². The van der Waals surface area contributed by atoms with E-state index in [1.807, 2.05) is 30.3 Å². The number of aliphatic hydroxyl groups excluding tert-OH is 1. The van der Waals surface area contributed by atoms with Gasteiger partial charge in [0.2, 0.25) is 0 Å². The zero-order chi connectivity index (χ0) is 14.9. The van der Waals surface area contributed by atoms with Crippen LogP contribution in [0.2, 0.25) is 0 Å². The van der Waals surface area contributed by atoms with Crippen LogP contribution in [0.3, 0.4) is 0 Å². The minimum Gasteiger partial charge on any atom is -0.489 e. The van der Waals surface area contributed by atoms with Crippen LogP contribution in [-0.2, 0) is 6.54 Å². The van der Waals surface area contributed by atoms with Gasteiger partial charge in [-0.15, -0.1) is 0 Å². The fourth-order valence-corrected chi connectivity index (χ4v) is 1.91. The topological polar surface area (TPSA) is 65.3 Å². The third kappa shape index (κ3) is 4.92. The molecule has 1 unspecified atom stereocenters. The smallest absolute Gasteiger partial charge is 0.137 e. The van der Waals surface area contributed by atoms with Gasteiger partial charge in [0.05, 0.1) is 5.56 Å². The van der Waals surface area contributed by atoms with Crippen LogP contribution in [0.4, 0.5) is 0 Å². The van der Waals surface area contributed by atoms with Crippen LogP contribution in [0.25, 0.3) is 0 Å². The lowest BCUT2D eigenvalue weighted by Gasteiger charge is -2.14. The Balaban J connectivity index is 1.73. The molecule has 0 bridgehead atoms. The van der Waals surface area contributed by atoms with E-state index in [0.29, 0.717) is 24.4 Å². The van der Waals surface area contributed by atoms with Crippen LogP contribution in [0, 0.1) is 11.3 Å². The van der Waals surface area contributed by atoms with Crippen molar-refractivity contribution in [2.24, 2.45) is 0 Å². The van der Waals surface area contributed by atoms with E-state index < -0.39 is 6.10 Å². The molecule has 0 aliphatic heterocycles. The summed E-state index contributed by atoms with van der Waals surface area (Å²) < 4.78 is 5.48. The highest BCUT2D eigenvalue weighted by molar-refractivity contribution is 5.42. The Morgan fingerprint density at radius 3 is 2.57 bits per heavy atom. The summed E-state index contributed by atoms with van der Waals surface area (Å²) in [6.07, 6.45) is -0.625. The van der Waals surface area contributed by atoms with E-state index in [4.69, 9.17) is 10.00 Å². The minimum atomic E-state index is -0.625. The summed E-state index contributed by atoms with van der Waals surface area (Å²) in [6.45, 7) is 1.29. The molecule has 0 aromatic heterocycles. The molecule has 108 valence electrons. The van der Waals surface area contributed by atoms with Crippen molar-refractivity contribution < 1.29 is 9.84 Å². The minimum absolute atomic E-state index is 0.153. The number of nitrogens with zero attached hydrogens (tertiary/aromatic N) is 1. The van der Waals surface area contributed by atoms with Crippen molar-refractivity contribution in [2.75, 3.05) is 13.2 Å². The summed E-state index contributed by atoms with van der Waals surface area (Å²) in [5, 5.41) is 22.0. The monoisotopic (exact) mass is 282 g/mol. The van der Waals surface area contributed by atoms with Gasteiger partial charge < -0.3 is 15.2 Å². The van der Waals surface area contributed by atoms with E-state index >= 15 is 0 Å². The van der Waals surface area contributed by atoms with Crippen molar-refractivity contribution in [3.05, 3.63) is 65.7 Å². The van der Waals surface area contributed by atoms with Gasteiger partial charge in [-0.3, -0.25) is 0 Å². The molecule has 0 saturated carbocycles. The molecular weight excluding hydrogens is 264 g/mol. The Hall–Kier alpha value is -2.35. The number of aliphatic hydroxyl groups is 1. The molecule has 0 aliphatic rings. The lowest BCUT2D eigenvalue weighted by molar-refractivity contribution is 0.106. The number of hydrogen-bond acceptors (Lipinski definition) is 4. The van der Waals surface area contributed by atoms with Gasteiger partial charge in [0.1, 0.15) is 24.5 Å². The molecular formula is C17H18N2O2. The van der Waals surface area contributed by atoms with Crippen LogP contribution in [0.5, 0.6) is 5.75 Å². The lowest BCUT2D eigenvalue weighted by Crippen LogP contribution is -2.31. The second-order valence-corrected chi connectivity index (χ2v) is 4.69. The molecule has 4 heteroatoms. The van der Waals surface area contributed by atoms with Crippen LogP contribution in [0.15, 0.2) is 54.6 Å². The molecule has 2 rings (SSSR count). The summed E-state index contributed by atoms with van der Waals surface area (Å²) in [7, 11) is 0.